The summed E-state index contributed by atoms with van der Waals surface area (Å²) >= 11 is 1.29. The van der Waals surface area contributed by atoms with Crippen LogP contribution < -0.4 is 5.32 Å². The van der Waals surface area contributed by atoms with Crippen LogP contribution >= 0.6 is 11.8 Å². The minimum Gasteiger partial charge on any atom is -0.349 e. The molecule has 16 heavy (non-hydrogen) atoms. The molecule has 0 aromatic rings. The van der Waals surface area contributed by atoms with Gasteiger partial charge in [-0.1, -0.05) is 44.2 Å². The van der Waals surface area contributed by atoms with Crippen molar-refractivity contribution in [2.45, 2.75) is 45.1 Å². The van der Waals surface area contributed by atoms with Gasteiger partial charge >= 0.3 is 0 Å². The van der Waals surface area contributed by atoms with E-state index in [1.807, 2.05) is 0 Å². The zero-order valence-corrected chi connectivity index (χ0v) is 10.8. The third kappa shape index (κ3) is 4.05. The number of amides is 1. The summed E-state index contributed by atoms with van der Waals surface area (Å²) in [5.74, 6) is 0.585. The molecule has 0 bridgehead atoms. The number of nitrogens with one attached hydrogen (secondary N) is 1. The monoisotopic (exact) mass is 239 g/mol. The Hall–Kier alpha value is -0.700. The van der Waals surface area contributed by atoms with E-state index in [1.165, 1.54) is 43.9 Å². The van der Waals surface area contributed by atoms with Gasteiger partial charge in [-0.2, -0.15) is 0 Å². The molecule has 1 aliphatic carbocycles. The molecule has 0 aromatic heterocycles. The zero-order chi connectivity index (χ0) is 12.0. The van der Waals surface area contributed by atoms with Crippen LogP contribution in [-0.2, 0) is 4.79 Å². The van der Waals surface area contributed by atoms with E-state index in [2.05, 4.69) is 25.4 Å². The SMILES string of the molecule is C=CSC(=C)C(=O)NC(C)C1CCCCC1. The fourth-order valence-corrected chi connectivity index (χ4v) is 2.56. The maximum absolute atomic E-state index is 11.7. The first kappa shape index (κ1) is 13.4. The van der Waals surface area contributed by atoms with Crippen molar-refractivity contribution in [2.75, 3.05) is 0 Å². The molecular weight excluding hydrogens is 218 g/mol. The molecule has 1 atom stereocenters. The zero-order valence-electron chi connectivity index (χ0n) is 10.00. The molecule has 90 valence electrons. The molecule has 1 amide bonds. The van der Waals surface area contributed by atoms with Crippen molar-refractivity contribution in [1.82, 2.24) is 5.32 Å². The highest BCUT2D eigenvalue weighted by Crippen LogP contribution is 2.26. The van der Waals surface area contributed by atoms with Gasteiger partial charge in [-0.15, -0.1) is 0 Å². The van der Waals surface area contributed by atoms with Crippen molar-refractivity contribution < 1.29 is 4.79 Å². The number of carbonyl (C=O) groups is 1. The van der Waals surface area contributed by atoms with Gasteiger partial charge in [0.1, 0.15) is 0 Å². The second-order valence-corrected chi connectivity index (χ2v) is 5.43. The van der Waals surface area contributed by atoms with Gasteiger partial charge in [0.25, 0.3) is 5.91 Å². The van der Waals surface area contributed by atoms with Gasteiger partial charge in [0.05, 0.1) is 4.91 Å². The third-order valence-corrected chi connectivity index (χ3v) is 3.83. The summed E-state index contributed by atoms with van der Waals surface area (Å²) in [6.07, 6.45) is 6.42. The molecule has 3 heteroatoms. The Morgan fingerprint density at radius 3 is 2.62 bits per heavy atom. The van der Waals surface area contributed by atoms with Crippen LogP contribution in [0.25, 0.3) is 0 Å². The van der Waals surface area contributed by atoms with Crippen molar-refractivity contribution in [3.63, 3.8) is 0 Å². The van der Waals surface area contributed by atoms with Gasteiger partial charge in [0.2, 0.25) is 0 Å². The fraction of sp³-hybridized carbons (Fsp3) is 0.615. The van der Waals surface area contributed by atoms with E-state index >= 15 is 0 Å². The summed E-state index contributed by atoms with van der Waals surface area (Å²) in [5, 5.41) is 4.66. The highest BCUT2D eigenvalue weighted by molar-refractivity contribution is 8.06. The average Bonchev–Trinajstić information content (AvgIpc) is 2.30. The lowest BCUT2D eigenvalue weighted by Crippen LogP contribution is -2.39. The molecule has 0 saturated heterocycles. The van der Waals surface area contributed by atoms with Gasteiger partial charge in [0, 0.05) is 6.04 Å². The molecule has 1 N–H and O–H groups in total. The fourth-order valence-electron chi connectivity index (χ4n) is 2.19. The standard InChI is InChI=1S/C13H21NOS/c1-4-16-11(3)13(15)14-10(2)12-8-6-5-7-9-12/h4,10,12H,1,3,5-9H2,2H3,(H,14,15). The molecule has 1 saturated carbocycles. The van der Waals surface area contributed by atoms with Crippen LogP contribution in [0.5, 0.6) is 0 Å². The maximum atomic E-state index is 11.7. The summed E-state index contributed by atoms with van der Waals surface area (Å²) in [7, 11) is 0. The minimum atomic E-state index is -0.0528. The quantitative estimate of drug-likeness (QED) is 0.744. The number of thioether (sulfide) groups is 1. The van der Waals surface area contributed by atoms with Gasteiger partial charge in [-0.3, -0.25) is 4.79 Å². The lowest BCUT2D eigenvalue weighted by molar-refractivity contribution is -0.117. The van der Waals surface area contributed by atoms with Crippen LogP contribution in [0.1, 0.15) is 39.0 Å². The molecule has 0 aliphatic heterocycles. The number of hydrogen-bond donors (Lipinski definition) is 1. The number of hydrogen-bond acceptors (Lipinski definition) is 2. The molecule has 0 heterocycles. The predicted molar refractivity (Wildman–Crippen MR) is 71.1 cm³/mol. The Balaban J connectivity index is 2.37. The molecule has 1 unspecified atom stereocenters. The Morgan fingerprint density at radius 1 is 1.44 bits per heavy atom. The van der Waals surface area contributed by atoms with E-state index in [0.717, 1.165) is 0 Å². The van der Waals surface area contributed by atoms with E-state index in [1.54, 1.807) is 5.41 Å². The molecular formula is C13H21NOS. The van der Waals surface area contributed by atoms with E-state index < -0.39 is 0 Å². The van der Waals surface area contributed by atoms with E-state index in [0.29, 0.717) is 10.8 Å². The predicted octanol–water partition coefficient (Wildman–Crippen LogP) is 3.46. The van der Waals surface area contributed by atoms with Gasteiger partial charge in [-0.25, -0.2) is 0 Å². The summed E-state index contributed by atoms with van der Waals surface area (Å²) in [5.41, 5.74) is 0. The molecule has 0 radical (unpaired) electrons. The lowest BCUT2D eigenvalue weighted by atomic mass is 9.84. The van der Waals surface area contributed by atoms with Crippen LogP contribution in [0.15, 0.2) is 23.5 Å². The summed E-state index contributed by atoms with van der Waals surface area (Å²) in [6.45, 7) is 9.39. The van der Waals surface area contributed by atoms with Crippen LogP contribution in [-0.4, -0.2) is 11.9 Å². The van der Waals surface area contributed by atoms with Crippen molar-refractivity contribution in [3.8, 4) is 0 Å². The first-order valence-corrected chi connectivity index (χ1v) is 6.80. The minimum absolute atomic E-state index is 0.0528. The topological polar surface area (TPSA) is 29.1 Å². The largest absolute Gasteiger partial charge is 0.349 e. The highest BCUT2D eigenvalue weighted by atomic mass is 32.2. The molecule has 0 spiro atoms. The van der Waals surface area contributed by atoms with Gasteiger partial charge < -0.3 is 5.32 Å². The number of carbonyl (C=O) groups excluding carboxylic acids is 1. The lowest BCUT2D eigenvalue weighted by Gasteiger charge is -2.28. The van der Waals surface area contributed by atoms with Crippen LogP contribution in [0.4, 0.5) is 0 Å². The molecule has 2 nitrogen and oxygen atoms in total. The first-order chi connectivity index (χ1) is 7.65. The van der Waals surface area contributed by atoms with Crippen molar-refractivity contribution in [3.05, 3.63) is 23.5 Å². The van der Waals surface area contributed by atoms with E-state index in [4.69, 9.17) is 0 Å². The average molecular weight is 239 g/mol. The summed E-state index contributed by atoms with van der Waals surface area (Å²) in [6, 6.07) is 0.259. The summed E-state index contributed by atoms with van der Waals surface area (Å²) < 4.78 is 0. The van der Waals surface area contributed by atoms with Gasteiger partial charge in [-0.05, 0) is 31.1 Å². The van der Waals surface area contributed by atoms with E-state index in [-0.39, 0.29) is 11.9 Å². The van der Waals surface area contributed by atoms with Crippen molar-refractivity contribution >= 4 is 17.7 Å². The Bertz CT molecular complexity index is 269. The first-order valence-electron chi connectivity index (χ1n) is 5.92. The number of rotatable bonds is 5. The summed E-state index contributed by atoms with van der Waals surface area (Å²) in [4.78, 5) is 12.2. The molecule has 1 rings (SSSR count). The third-order valence-electron chi connectivity index (χ3n) is 3.19. The highest BCUT2D eigenvalue weighted by Gasteiger charge is 2.21. The van der Waals surface area contributed by atoms with Crippen LogP contribution in [0.2, 0.25) is 0 Å². The van der Waals surface area contributed by atoms with E-state index in [9.17, 15) is 4.79 Å². The Kier molecular flexibility index (Phi) is 5.67. The molecule has 0 aromatic carbocycles. The maximum Gasteiger partial charge on any atom is 0.257 e. The molecule has 1 fully saturated rings. The second-order valence-electron chi connectivity index (χ2n) is 4.37. The van der Waals surface area contributed by atoms with Crippen LogP contribution in [0.3, 0.4) is 0 Å². The second kappa shape index (κ2) is 6.79. The normalized spacial score (nSPS) is 18.8. The van der Waals surface area contributed by atoms with Gasteiger partial charge in [0.15, 0.2) is 0 Å². The van der Waals surface area contributed by atoms with Crippen LogP contribution in [0, 0.1) is 5.92 Å². The Labute approximate surface area is 103 Å². The smallest absolute Gasteiger partial charge is 0.257 e. The molecule has 1 aliphatic rings. The van der Waals surface area contributed by atoms with Crippen molar-refractivity contribution in [2.24, 2.45) is 5.92 Å². The Morgan fingerprint density at radius 2 is 2.06 bits per heavy atom. The van der Waals surface area contributed by atoms with Crippen molar-refractivity contribution in [1.29, 1.82) is 0 Å².